The van der Waals surface area contributed by atoms with Gasteiger partial charge in [-0.2, -0.15) is 5.10 Å². The maximum Gasteiger partial charge on any atom is 0.108 e. The van der Waals surface area contributed by atoms with E-state index < -0.39 is 0 Å². The predicted molar refractivity (Wildman–Crippen MR) is 52.4 cm³/mol. The van der Waals surface area contributed by atoms with Crippen LogP contribution in [0.4, 0.5) is 0 Å². The van der Waals surface area contributed by atoms with Gasteiger partial charge in [0.05, 0.1) is 5.52 Å². The lowest BCUT2D eigenvalue weighted by Crippen LogP contribution is -2.06. The molecule has 0 atom stereocenters. The highest BCUT2D eigenvalue weighted by atomic mass is 79.9. The molecule has 0 aliphatic heterocycles. The first-order valence-electron chi connectivity index (χ1n) is 3.81. The SMILES string of the molecule is ONCc1cccc2c(Br)[nH]nc12. The summed E-state index contributed by atoms with van der Waals surface area (Å²) in [5.41, 5.74) is 3.95. The van der Waals surface area contributed by atoms with E-state index in [1.54, 1.807) is 0 Å². The van der Waals surface area contributed by atoms with E-state index in [0.29, 0.717) is 6.54 Å². The standard InChI is InChI=1S/C8H8BrN3O/c9-8-6-3-1-2-5(4-10-13)7(6)11-12-8/h1-3,10,13H,4H2,(H,11,12). The van der Waals surface area contributed by atoms with Crippen molar-refractivity contribution in [2.75, 3.05) is 0 Å². The van der Waals surface area contributed by atoms with Crippen molar-refractivity contribution in [2.24, 2.45) is 0 Å². The molecule has 0 radical (unpaired) electrons. The summed E-state index contributed by atoms with van der Waals surface area (Å²) in [6.45, 7) is 0.397. The van der Waals surface area contributed by atoms with Gasteiger partial charge in [-0.3, -0.25) is 5.10 Å². The molecule has 1 heterocycles. The van der Waals surface area contributed by atoms with Gasteiger partial charge in [0.15, 0.2) is 0 Å². The van der Waals surface area contributed by atoms with Crippen LogP contribution in [0, 0.1) is 0 Å². The maximum absolute atomic E-state index is 8.59. The number of hydrogen-bond donors (Lipinski definition) is 3. The fourth-order valence-corrected chi connectivity index (χ4v) is 1.70. The summed E-state index contributed by atoms with van der Waals surface area (Å²) in [7, 11) is 0. The lowest BCUT2D eigenvalue weighted by molar-refractivity contribution is 0.161. The summed E-state index contributed by atoms with van der Waals surface area (Å²) in [5.74, 6) is 0. The molecule has 0 saturated heterocycles. The van der Waals surface area contributed by atoms with Crippen molar-refractivity contribution < 1.29 is 5.21 Å². The molecular weight excluding hydrogens is 234 g/mol. The van der Waals surface area contributed by atoms with Gasteiger partial charge < -0.3 is 5.21 Å². The number of rotatable bonds is 2. The Bertz CT molecular complexity index is 426. The van der Waals surface area contributed by atoms with Crippen LogP contribution in [0.2, 0.25) is 0 Å². The number of hydrogen-bond acceptors (Lipinski definition) is 3. The largest absolute Gasteiger partial charge is 0.316 e. The van der Waals surface area contributed by atoms with Crippen molar-refractivity contribution in [2.45, 2.75) is 6.54 Å². The van der Waals surface area contributed by atoms with E-state index in [0.717, 1.165) is 21.1 Å². The number of nitrogens with one attached hydrogen (secondary N) is 2. The van der Waals surface area contributed by atoms with E-state index >= 15 is 0 Å². The Kier molecular flexibility index (Phi) is 2.30. The summed E-state index contributed by atoms with van der Waals surface area (Å²) in [6.07, 6.45) is 0. The zero-order chi connectivity index (χ0) is 9.26. The van der Waals surface area contributed by atoms with Crippen LogP contribution in [-0.4, -0.2) is 15.4 Å². The van der Waals surface area contributed by atoms with E-state index in [4.69, 9.17) is 5.21 Å². The second kappa shape index (κ2) is 3.45. The Morgan fingerprint density at radius 2 is 2.38 bits per heavy atom. The minimum absolute atomic E-state index is 0.397. The van der Waals surface area contributed by atoms with Crippen LogP contribution >= 0.6 is 15.9 Å². The second-order valence-corrected chi connectivity index (χ2v) is 3.48. The van der Waals surface area contributed by atoms with Crippen molar-refractivity contribution >= 4 is 26.8 Å². The molecule has 13 heavy (non-hydrogen) atoms. The quantitative estimate of drug-likeness (QED) is 0.703. The summed E-state index contributed by atoms with van der Waals surface area (Å²) >= 11 is 3.35. The Morgan fingerprint density at radius 1 is 1.54 bits per heavy atom. The molecule has 0 saturated carbocycles. The molecule has 0 amide bonds. The molecule has 0 unspecified atom stereocenters. The zero-order valence-electron chi connectivity index (χ0n) is 6.71. The Hall–Kier alpha value is -0.910. The second-order valence-electron chi connectivity index (χ2n) is 2.69. The Balaban J connectivity index is 2.63. The number of para-hydroxylation sites is 1. The number of fused-ring (bicyclic) bond motifs is 1. The van der Waals surface area contributed by atoms with Crippen LogP contribution in [0.3, 0.4) is 0 Å². The van der Waals surface area contributed by atoms with Crippen molar-refractivity contribution in [3.63, 3.8) is 0 Å². The summed E-state index contributed by atoms with van der Waals surface area (Å²) in [6, 6.07) is 5.80. The molecule has 2 rings (SSSR count). The van der Waals surface area contributed by atoms with Crippen LogP contribution in [-0.2, 0) is 6.54 Å². The molecular formula is C8H8BrN3O. The third-order valence-corrected chi connectivity index (χ3v) is 2.50. The van der Waals surface area contributed by atoms with Crippen molar-refractivity contribution in [1.82, 2.24) is 15.7 Å². The first-order valence-corrected chi connectivity index (χ1v) is 4.60. The minimum Gasteiger partial charge on any atom is -0.316 e. The average Bonchev–Trinajstić information content (AvgIpc) is 2.50. The molecule has 68 valence electrons. The number of H-pyrrole nitrogens is 1. The molecule has 3 N–H and O–H groups in total. The normalized spacial score (nSPS) is 10.9. The fourth-order valence-electron chi connectivity index (χ4n) is 1.29. The lowest BCUT2D eigenvalue weighted by Gasteiger charge is -1.98. The van der Waals surface area contributed by atoms with Gasteiger partial charge in [0.2, 0.25) is 0 Å². The topological polar surface area (TPSA) is 60.9 Å². The number of hydroxylamine groups is 1. The van der Waals surface area contributed by atoms with Crippen LogP contribution in [0.15, 0.2) is 22.8 Å². The highest BCUT2D eigenvalue weighted by molar-refractivity contribution is 9.10. The number of aromatic nitrogens is 2. The highest BCUT2D eigenvalue weighted by Crippen LogP contribution is 2.23. The third kappa shape index (κ3) is 1.46. The van der Waals surface area contributed by atoms with Gasteiger partial charge in [0.25, 0.3) is 0 Å². The number of nitrogens with zero attached hydrogens (tertiary/aromatic N) is 1. The molecule has 0 spiro atoms. The van der Waals surface area contributed by atoms with Gasteiger partial charge in [0.1, 0.15) is 4.60 Å². The fraction of sp³-hybridized carbons (Fsp3) is 0.125. The lowest BCUT2D eigenvalue weighted by atomic mass is 10.1. The molecule has 0 fully saturated rings. The van der Waals surface area contributed by atoms with Crippen molar-refractivity contribution in [3.05, 3.63) is 28.4 Å². The van der Waals surface area contributed by atoms with Gasteiger partial charge in [-0.1, -0.05) is 18.2 Å². The zero-order valence-corrected chi connectivity index (χ0v) is 8.30. The van der Waals surface area contributed by atoms with Crippen LogP contribution < -0.4 is 5.48 Å². The third-order valence-electron chi connectivity index (χ3n) is 1.89. The van der Waals surface area contributed by atoms with Gasteiger partial charge in [-0.05, 0) is 21.5 Å². The van der Waals surface area contributed by atoms with Crippen molar-refractivity contribution in [3.8, 4) is 0 Å². The van der Waals surface area contributed by atoms with E-state index in [1.165, 1.54) is 0 Å². The van der Waals surface area contributed by atoms with E-state index in [1.807, 2.05) is 18.2 Å². The average molecular weight is 242 g/mol. The minimum atomic E-state index is 0.397. The summed E-state index contributed by atoms with van der Waals surface area (Å²) in [4.78, 5) is 0. The smallest absolute Gasteiger partial charge is 0.108 e. The molecule has 2 aromatic rings. The molecule has 0 aliphatic rings. The number of halogens is 1. The molecule has 0 bridgehead atoms. The summed E-state index contributed by atoms with van der Waals surface area (Å²) in [5, 5.41) is 16.6. The Labute approximate surface area is 83.0 Å². The Morgan fingerprint density at radius 3 is 3.15 bits per heavy atom. The number of aromatic amines is 1. The van der Waals surface area contributed by atoms with Crippen LogP contribution in [0.5, 0.6) is 0 Å². The molecule has 1 aromatic carbocycles. The van der Waals surface area contributed by atoms with Crippen LogP contribution in [0.25, 0.3) is 10.9 Å². The molecule has 1 aromatic heterocycles. The van der Waals surface area contributed by atoms with Crippen molar-refractivity contribution in [1.29, 1.82) is 0 Å². The summed E-state index contributed by atoms with van der Waals surface area (Å²) < 4.78 is 0.863. The van der Waals surface area contributed by atoms with E-state index in [2.05, 4.69) is 31.6 Å². The van der Waals surface area contributed by atoms with E-state index in [9.17, 15) is 0 Å². The van der Waals surface area contributed by atoms with Gasteiger partial charge >= 0.3 is 0 Å². The molecule has 5 heteroatoms. The van der Waals surface area contributed by atoms with Gasteiger partial charge in [-0.25, -0.2) is 5.48 Å². The maximum atomic E-state index is 8.59. The van der Waals surface area contributed by atoms with Gasteiger partial charge in [0, 0.05) is 11.9 Å². The van der Waals surface area contributed by atoms with E-state index in [-0.39, 0.29) is 0 Å². The molecule has 0 aliphatic carbocycles. The first kappa shape index (κ1) is 8.68. The number of benzene rings is 1. The monoisotopic (exact) mass is 241 g/mol. The molecule has 4 nitrogen and oxygen atoms in total. The van der Waals surface area contributed by atoms with Crippen LogP contribution in [0.1, 0.15) is 5.56 Å². The predicted octanol–water partition coefficient (Wildman–Crippen LogP) is 1.80. The first-order chi connectivity index (χ1) is 6.33. The van der Waals surface area contributed by atoms with Gasteiger partial charge in [-0.15, -0.1) is 0 Å². The highest BCUT2D eigenvalue weighted by Gasteiger charge is 2.05.